The fourth-order valence-electron chi connectivity index (χ4n) is 0.680. The average Bonchev–Trinajstić information content (AvgIpc) is 2.05. The fourth-order valence-corrected chi connectivity index (χ4v) is 1.36. The third kappa shape index (κ3) is 2.69. The topological polar surface area (TPSA) is 37.3 Å². The molecule has 0 saturated heterocycles. The molecule has 1 aromatic carbocycles. The lowest BCUT2D eigenvalue weighted by atomic mass is 10.4. The zero-order valence-corrected chi connectivity index (χ0v) is 7.22. The third-order valence-corrected chi connectivity index (χ3v) is 2.18. The molecule has 70 valence electrons. The van der Waals surface area contributed by atoms with E-state index in [1.807, 2.05) is 0 Å². The number of rotatable bonds is 3. The van der Waals surface area contributed by atoms with Gasteiger partial charge in [0.25, 0.3) is 0 Å². The molecule has 1 aromatic rings. The lowest BCUT2D eigenvalue weighted by Crippen LogP contribution is -2.23. The Balaban J connectivity index is 2.75. The predicted octanol–water partition coefficient (Wildman–Crippen LogP) is 2.46. The van der Waals surface area contributed by atoms with E-state index in [1.54, 1.807) is 18.2 Å². The molecule has 0 bridgehead atoms. The molecule has 13 heavy (non-hydrogen) atoms. The van der Waals surface area contributed by atoms with Gasteiger partial charge in [0.05, 0.1) is 0 Å². The second kappa shape index (κ2) is 3.74. The highest BCUT2D eigenvalue weighted by atomic mass is 32.2. The fraction of sp³-hybridized carbons (Fsp3) is 0.125. The highest BCUT2D eigenvalue weighted by Crippen LogP contribution is 2.35. The summed E-state index contributed by atoms with van der Waals surface area (Å²) in [5.41, 5.74) is 0. The Morgan fingerprint density at radius 3 is 2.31 bits per heavy atom. The number of aliphatic carboxylic acids is 1. The van der Waals surface area contributed by atoms with Crippen molar-refractivity contribution in [3.05, 3.63) is 30.3 Å². The van der Waals surface area contributed by atoms with E-state index >= 15 is 0 Å². The lowest BCUT2D eigenvalue weighted by Gasteiger charge is -2.09. The van der Waals surface area contributed by atoms with Crippen LogP contribution < -0.4 is 0 Å². The van der Waals surface area contributed by atoms with Crippen LogP contribution in [-0.2, 0) is 4.79 Å². The summed E-state index contributed by atoms with van der Waals surface area (Å²) in [5, 5.41) is 4.37. The molecule has 0 aromatic heterocycles. The van der Waals surface area contributed by atoms with E-state index in [9.17, 15) is 13.6 Å². The molecule has 1 N–H and O–H groups in total. The van der Waals surface area contributed by atoms with Crippen molar-refractivity contribution in [3.63, 3.8) is 0 Å². The first kappa shape index (κ1) is 9.98. The quantitative estimate of drug-likeness (QED) is 0.768. The Hall–Kier alpha value is -1.10. The Morgan fingerprint density at radius 2 is 1.85 bits per heavy atom. The van der Waals surface area contributed by atoms with Crippen molar-refractivity contribution >= 4 is 17.7 Å². The zero-order chi connectivity index (χ0) is 9.90. The van der Waals surface area contributed by atoms with Gasteiger partial charge in [-0.25, -0.2) is 4.79 Å². The molecule has 0 spiro atoms. The summed E-state index contributed by atoms with van der Waals surface area (Å²) < 4.78 is 25.2. The van der Waals surface area contributed by atoms with Gasteiger partial charge in [-0.2, -0.15) is 8.78 Å². The van der Waals surface area contributed by atoms with Crippen LogP contribution in [0.25, 0.3) is 0 Å². The Bertz CT molecular complexity index is 300. The van der Waals surface area contributed by atoms with Crippen LogP contribution in [0.2, 0.25) is 0 Å². The Morgan fingerprint density at radius 1 is 1.31 bits per heavy atom. The number of carbonyl (C=O) groups is 1. The first-order valence-corrected chi connectivity index (χ1v) is 4.19. The minimum Gasteiger partial charge on any atom is -0.476 e. The van der Waals surface area contributed by atoms with Gasteiger partial charge in [-0.1, -0.05) is 18.2 Å². The Labute approximate surface area is 77.6 Å². The maximum atomic E-state index is 12.6. The summed E-state index contributed by atoms with van der Waals surface area (Å²) in [6.07, 6.45) is 0. The number of carboxylic acid groups (broad SMARTS) is 1. The van der Waals surface area contributed by atoms with Crippen molar-refractivity contribution in [2.24, 2.45) is 0 Å². The van der Waals surface area contributed by atoms with Crippen molar-refractivity contribution in [2.45, 2.75) is 10.2 Å². The zero-order valence-electron chi connectivity index (χ0n) is 6.41. The molecule has 0 aliphatic heterocycles. The Kier molecular flexibility index (Phi) is 2.87. The molecule has 2 nitrogen and oxygen atoms in total. The minimum atomic E-state index is -3.76. The number of hydrogen-bond donors (Lipinski definition) is 1. The standard InChI is InChI=1S/C8H6F2O2S/c9-8(10,7(11)12)13-6-4-2-1-3-5-6/h1-5H,(H,11,12). The van der Waals surface area contributed by atoms with Gasteiger partial charge in [0.2, 0.25) is 0 Å². The molecule has 0 fully saturated rings. The predicted molar refractivity (Wildman–Crippen MR) is 44.9 cm³/mol. The van der Waals surface area contributed by atoms with Crippen molar-refractivity contribution in [1.29, 1.82) is 0 Å². The van der Waals surface area contributed by atoms with Crippen LogP contribution in [0.5, 0.6) is 0 Å². The highest BCUT2D eigenvalue weighted by molar-refractivity contribution is 8.01. The van der Waals surface area contributed by atoms with E-state index in [0.717, 1.165) is 0 Å². The van der Waals surface area contributed by atoms with Gasteiger partial charge in [0.1, 0.15) is 0 Å². The van der Waals surface area contributed by atoms with E-state index in [2.05, 4.69) is 0 Å². The largest absolute Gasteiger partial charge is 0.476 e. The van der Waals surface area contributed by atoms with E-state index in [4.69, 9.17) is 5.11 Å². The maximum absolute atomic E-state index is 12.6. The number of hydrogen-bond acceptors (Lipinski definition) is 2. The van der Waals surface area contributed by atoms with Crippen molar-refractivity contribution in [1.82, 2.24) is 0 Å². The summed E-state index contributed by atoms with van der Waals surface area (Å²) >= 11 is 0.0211. The van der Waals surface area contributed by atoms with Crippen molar-refractivity contribution in [3.8, 4) is 0 Å². The van der Waals surface area contributed by atoms with Crippen molar-refractivity contribution < 1.29 is 18.7 Å². The van der Waals surface area contributed by atoms with Crippen LogP contribution in [0.3, 0.4) is 0 Å². The van der Waals surface area contributed by atoms with Crippen LogP contribution in [0.15, 0.2) is 35.2 Å². The summed E-state index contributed by atoms with van der Waals surface area (Å²) in [6.45, 7) is 0. The number of thioether (sulfide) groups is 1. The van der Waals surface area contributed by atoms with E-state index in [1.165, 1.54) is 12.1 Å². The van der Waals surface area contributed by atoms with Crippen molar-refractivity contribution in [2.75, 3.05) is 0 Å². The monoisotopic (exact) mass is 204 g/mol. The van der Waals surface area contributed by atoms with Gasteiger partial charge < -0.3 is 5.11 Å². The summed E-state index contributed by atoms with van der Waals surface area (Å²) in [4.78, 5) is 10.3. The van der Waals surface area contributed by atoms with Crippen LogP contribution in [-0.4, -0.2) is 16.3 Å². The molecule has 5 heteroatoms. The molecular weight excluding hydrogens is 198 g/mol. The second-order valence-corrected chi connectivity index (χ2v) is 3.43. The molecule has 0 atom stereocenters. The first-order chi connectivity index (χ1) is 6.02. The normalized spacial score (nSPS) is 11.2. The molecule has 0 amide bonds. The first-order valence-electron chi connectivity index (χ1n) is 3.37. The van der Waals surface area contributed by atoms with Crippen LogP contribution in [0.1, 0.15) is 0 Å². The minimum absolute atomic E-state index is 0.0211. The number of carboxylic acids is 1. The summed E-state index contributed by atoms with van der Waals surface area (Å²) in [6, 6.07) is 7.67. The highest BCUT2D eigenvalue weighted by Gasteiger charge is 2.40. The smallest absolute Gasteiger partial charge is 0.393 e. The summed E-state index contributed by atoms with van der Waals surface area (Å²) in [7, 11) is 0. The lowest BCUT2D eigenvalue weighted by molar-refractivity contribution is -0.152. The van der Waals surface area contributed by atoms with Gasteiger partial charge in [-0.15, -0.1) is 0 Å². The molecular formula is C8H6F2O2S. The van der Waals surface area contributed by atoms with Gasteiger partial charge in [-0.05, 0) is 23.9 Å². The van der Waals surface area contributed by atoms with Gasteiger partial charge in [-0.3, -0.25) is 0 Å². The average molecular weight is 204 g/mol. The van der Waals surface area contributed by atoms with Crippen LogP contribution in [0.4, 0.5) is 8.78 Å². The SMILES string of the molecule is O=C(O)C(F)(F)Sc1ccccc1. The van der Waals surface area contributed by atoms with Gasteiger partial charge >= 0.3 is 11.2 Å². The number of alkyl halides is 2. The summed E-state index contributed by atoms with van der Waals surface area (Å²) in [5.74, 6) is -2.12. The van der Waals surface area contributed by atoms with Crippen LogP contribution in [0, 0.1) is 0 Å². The number of halogens is 2. The molecule has 0 saturated carbocycles. The van der Waals surface area contributed by atoms with E-state index in [-0.39, 0.29) is 16.7 Å². The van der Waals surface area contributed by atoms with Crippen LogP contribution >= 0.6 is 11.8 Å². The molecule has 0 aliphatic carbocycles. The maximum Gasteiger partial charge on any atom is 0.393 e. The van der Waals surface area contributed by atoms with Gasteiger partial charge in [0, 0.05) is 4.90 Å². The third-order valence-electron chi connectivity index (χ3n) is 1.24. The molecule has 0 heterocycles. The second-order valence-electron chi connectivity index (χ2n) is 2.24. The molecule has 1 rings (SSSR count). The van der Waals surface area contributed by atoms with Gasteiger partial charge in [0.15, 0.2) is 0 Å². The number of benzene rings is 1. The molecule has 0 radical (unpaired) electrons. The molecule has 0 aliphatic rings. The van der Waals surface area contributed by atoms with E-state index < -0.39 is 11.2 Å². The molecule has 0 unspecified atom stereocenters. The van der Waals surface area contributed by atoms with E-state index in [0.29, 0.717) is 0 Å².